The molecule has 0 saturated heterocycles. The highest BCUT2D eigenvalue weighted by Gasteiger charge is 2.07. The van der Waals surface area contributed by atoms with Gasteiger partial charge in [0.05, 0.1) is 11.5 Å². The summed E-state index contributed by atoms with van der Waals surface area (Å²) in [6, 6.07) is 7.74. The normalized spacial score (nSPS) is 11.4. The molecule has 0 N–H and O–H groups in total. The molecule has 0 saturated carbocycles. The zero-order valence-corrected chi connectivity index (χ0v) is 13.3. The number of thioether (sulfide) groups is 1. The van der Waals surface area contributed by atoms with E-state index in [4.69, 9.17) is 0 Å². The average molecular weight is 351 g/mol. The van der Waals surface area contributed by atoms with E-state index in [1.165, 1.54) is 18.0 Å². The molecule has 0 aliphatic heterocycles. The van der Waals surface area contributed by atoms with Gasteiger partial charge in [0, 0.05) is 22.0 Å². The van der Waals surface area contributed by atoms with Crippen molar-refractivity contribution >= 4 is 43.3 Å². The van der Waals surface area contributed by atoms with Crippen molar-refractivity contribution in [2.45, 2.75) is 17.7 Å². The monoisotopic (exact) mass is 350 g/mol. The second kappa shape index (κ2) is 7.31. The topological polar surface area (TPSA) is 51.2 Å². The predicted molar refractivity (Wildman–Crippen MR) is 78.8 cm³/mol. The summed E-state index contributed by atoms with van der Waals surface area (Å²) in [4.78, 5) is 12.6. The lowest BCUT2D eigenvalue weighted by Gasteiger charge is -2.02. The molecule has 0 amide bonds. The third-order valence-electron chi connectivity index (χ3n) is 2.18. The van der Waals surface area contributed by atoms with E-state index in [9.17, 15) is 13.2 Å². The minimum atomic E-state index is -2.96. The lowest BCUT2D eigenvalue weighted by Crippen LogP contribution is -2.07. The highest BCUT2D eigenvalue weighted by molar-refractivity contribution is 9.10. The summed E-state index contributed by atoms with van der Waals surface area (Å²) in [6.07, 6.45) is 1.93. The first-order valence-corrected chi connectivity index (χ1v) is 9.28. The number of hydrogen-bond donors (Lipinski definition) is 0. The van der Waals surface area contributed by atoms with Crippen molar-refractivity contribution < 1.29 is 13.2 Å². The summed E-state index contributed by atoms with van der Waals surface area (Å²) in [5, 5.41) is 0. The van der Waals surface area contributed by atoms with Crippen LogP contribution in [0.15, 0.2) is 33.6 Å². The fourth-order valence-electron chi connectivity index (χ4n) is 1.30. The Morgan fingerprint density at radius 2 is 1.89 bits per heavy atom. The molecular formula is C12H15BrO3S2. The maximum atomic E-state index is 11.5. The summed E-state index contributed by atoms with van der Waals surface area (Å²) in [5.41, 5.74) is 0. The number of rotatable bonds is 7. The number of benzene rings is 1. The number of ketones is 1. The Morgan fingerprint density at radius 3 is 2.44 bits per heavy atom. The molecule has 0 fully saturated rings. The number of sulfone groups is 1. The molecule has 1 aromatic carbocycles. The van der Waals surface area contributed by atoms with Crippen LogP contribution < -0.4 is 0 Å². The first-order valence-electron chi connectivity index (χ1n) is 5.44. The van der Waals surface area contributed by atoms with Crippen LogP contribution >= 0.6 is 27.7 Å². The van der Waals surface area contributed by atoms with Gasteiger partial charge < -0.3 is 0 Å². The Kier molecular flexibility index (Phi) is 6.38. The van der Waals surface area contributed by atoms with Gasteiger partial charge in [0.15, 0.2) is 0 Å². The van der Waals surface area contributed by atoms with Gasteiger partial charge in [-0.3, -0.25) is 4.79 Å². The maximum absolute atomic E-state index is 11.5. The SMILES string of the molecule is CS(=O)(=O)CCCC(=O)CSc1ccc(Br)cc1. The first-order chi connectivity index (χ1) is 8.37. The van der Waals surface area contributed by atoms with Crippen molar-refractivity contribution in [3.63, 3.8) is 0 Å². The van der Waals surface area contributed by atoms with Gasteiger partial charge in [-0.2, -0.15) is 0 Å². The molecule has 0 atom stereocenters. The van der Waals surface area contributed by atoms with Gasteiger partial charge in [0.1, 0.15) is 15.6 Å². The Labute approximate surface area is 120 Å². The quantitative estimate of drug-likeness (QED) is 0.709. The molecule has 1 aromatic rings. The molecular weight excluding hydrogens is 336 g/mol. The van der Waals surface area contributed by atoms with Crippen LogP contribution in [-0.4, -0.2) is 32.0 Å². The summed E-state index contributed by atoms with van der Waals surface area (Å²) in [5.74, 6) is 0.569. The molecule has 6 heteroatoms. The number of hydrogen-bond acceptors (Lipinski definition) is 4. The van der Waals surface area contributed by atoms with Crippen LogP contribution in [-0.2, 0) is 14.6 Å². The van der Waals surface area contributed by atoms with Crippen LogP contribution in [0.1, 0.15) is 12.8 Å². The van der Waals surface area contributed by atoms with Gasteiger partial charge >= 0.3 is 0 Å². The number of Topliss-reactive ketones (excluding diaryl/α,β-unsaturated/α-hetero) is 1. The van der Waals surface area contributed by atoms with E-state index in [0.717, 1.165) is 9.37 Å². The second-order valence-corrected chi connectivity index (χ2v) is 8.24. The van der Waals surface area contributed by atoms with Gasteiger partial charge in [-0.15, -0.1) is 11.8 Å². The third kappa shape index (κ3) is 7.18. The van der Waals surface area contributed by atoms with Gasteiger partial charge in [-0.25, -0.2) is 8.42 Å². The van der Waals surface area contributed by atoms with E-state index in [2.05, 4.69) is 15.9 Å². The summed E-state index contributed by atoms with van der Waals surface area (Å²) in [6.45, 7) is 0. The Bertz CT molecular complexity index is 495. The van der Waals surface area contributed by atoms with Crippen LogP contribution in [0.3, 0.4) is 0 Å². The van der Waals surface area contributed by atoms with E-state index < -0.39 is 9.84 Å². The smallest absolute Gasteiger partial charge is 0.147 e. The molecule has 0 radical (unpaired) electrons. The van der Waals surface area contributed by atoms with Crippen LogP contribution in [0.5, 0.6) is 0 Å². The number of carbonyl (C=O) groups excluding carboxylic acids is 1. The Morgan fingerprint density at radius 1 is 1.28 bits per heavy atom. The molecule has 3 nitrogen and oxygen atoms in total. The van der Waals surface area contributed by atoms with Crippen molar-refractivity contribution in [1.82, 2.24) is 0 Å². The Hall–Kier alpha value is -0.330. The molecule has 0 aliphatic rings. The Balaban J connectivity index is 2.27. The van der Waals surface area contributed by atoms with Crippen LogP contribution in [0.2, 0.25) is 0 Å². The van der Waals surface area contributed by atoms with E-state index in [-0.39, 0.29) is 11.5 Å². The number of halogens is 1. The van der Waals surface area contributed by atoms with Crippen LogP contribution in [0.25, 0.3) is 0 Å². The fourth-order valence-corrected chi connectivity index (χ4v) is 3.03. The molecule has 100 valence electrons. The van der Waals surface area contributed by atoms with Crippen molar-refractivity contribution in [3.05, 3.63) is 28.7 Å². The third-order valence-corrected chi connectivity index (χ3v) is 4.81. The van der Waals surface area contributed by atoms with E-state index >= 15 is 0 Å². The molecule has 0 spiro atoms. The maximum Gasteiger partial charge on any atom is 0.147 e. The molecule has 18 heavy (non-hydrogen) atoms. The van der Waals surface area contributed by atoms with Crippen molar-refractivity contribution in [2.75, 3.05) is 17.8 Å². The zero-order valence-electron chi connectivity index (χ0n) is 10.1. The van der Waals surface area contributed by atoms with E-state index in [1.54, 1.807) is 0 Å². The van der Waals surface area contributed by atoms with E-state index in [0.29, 0.717) is 18.6 Å². The predicted octanol–water partition coefficient (Wildman–Crippen LogP) is 2.94. The van der Waals surface area contributed by atoms with Crippen molar-refractivity contribution in [3.8, 4) is 0 Å². The van der Waals surface area contributed by atoms with Gasteiger partial charge in [0.25, 0.3) is 0 Å². The second-order valence-electron chi connectivity index (χ2n) is 4.01. The van der Waals surface area contributed by atoms with Crippen LogP contribution in [0, 0.1) is 0 Å². The summed E-state index contributed by atoms with van der Waals surface area (Å²) >= 11 is 4.82. The minimum absolute atomic E-state index is 0.0850. The lowest BCUT2D eigenvalue weighted by molar-refractivity contribution is -0.116. The van der Waals surface area contributed by atoms with Crippen LogP contribution in [0.4, 0.5) is 0 Å². The van der Waals surface area contributed by atoms with Crippen molar-refractivity contribution in [1.29, 1.82) is 0 Å². The highest BCUT2D eigenvalue weighted by Crippen LogP contribution is 2.20. The molecule has 0 aromatic heterocycles. The average Bonchev–Trinajstić information content (AvgIpc) is 2.26. The largest absolute Gasteiger partial charge is 0.299 e. The molecule has 0 unspecified atom stereocenters. The minimum Gasteiger partial charge on any atom is -0.299 e. The summed E-state index contributed by atoms with van der Waals surface area (Å²) in [7, 11) is -2.96. The van der Waals surface area contributed by atoms with Gasteiger partial charge in [-0.1, -0.05) is 15.9 Å². The fraction of sp³-hybridized carbons (Fsp3) is 0.417. The molecule has 0 bridgehead atoms. The molecule has 1 rings (SSSR count). The van der Waals surface area contributed by atoms with Gasteiger partial charge in [-0.05, 0) is 30.7 Å². The van der Waals surface area contributed by atoms with Crippen molar-refractivity contribution in [2.24, 2.45) is 0 Å². The summed E-state index contributed by atoms with van der Waals surface area (Å²) < 4.78 is 22.8. The zero-order chi connectivity index (χ0) is 13.6. The molecule has 0 heterocycles. The first kappa shape index (κ1) is 15.7. The standard InChI is InChI=1S/C12H15BrO3S2/c1-18(15,16)8-2-3-11(14)9-17-12-6-4-10(13)5-7-12/h4-7H,2-3,8-9H2,1H3. The highest BCUT2D eigenvalue weighted by atomic mass is 79.9. The van der Waals surface area contributed by atoms with Gasteiger partial charge in [0.2, 0.25) is 0 Å². The lowest BCUT2D eigenvalue weighted by atomic mass is 10.2. The number of carbonyl (C=O) groups is 1. The van der Waals surface area contributed by atoms with E-state index in [1.807, 2.05) is 24.3 Å². The molecule has 0 aliphatic carbocycles.